The van der Waals surface area contributed by atoms with Crippen LogP contribution in [0.3, 0.4) is 0 Å². The number of carbonyl (C=O) groups is 1. The Morgan fingerprint density at radius 2 is 2.06 bits per heavy atom. The number of hydrogen-bond donors (Lipinski definition) is 1. The highest BCUT2D eigenvalue weighted by molar-refractivity contribution is 9.10. The van der Waals surface area contributed by atoms with Gasteiger partial charge in [-0.2, -0.15) is 0 Å². The molecule has 1 amide bonds. The van der Waals surface area contributed by atoms with Gasteiger partial charge in [0, 0.05) is 10.0 Å². The molecule has 1 aromatic carbocycles. The van der Waals surface area contributed by atoms with Gasteiger partial charge in [0.1, 0.15) is 5.76 Å². The summed E-state index contributed by atoms with van der Waals surface area (Å²) in [5, 5.41) is 0. The fourth-order valence-corrected chi connectivity index (χ4v) is 1.99. The van der Waals surface area contributed by atoms with Crippen molar-refractivity contribution in [1.29, 1.82) is 0 Å². The Labute approximate surface area is 101 Å². The number of rotatable bonds is 2. The molecule has 0 unspecified atom stereocenters. The number of amides is 1. The molecule has 0 atom stereocenters. The summed E-state index contributed by atoms with van der Waals surface area (Å²) in [6.07, 6.45) is 0. The highest BCUT2D eigenvalue weighted by Crippen LogP contribution is 2.27. The van der Waals surface area contributed by atoms with E-state index in [4.69, 9.17) is 10.2 Å². The van der Waals surface area contributed by atoms with Crippen LogP contribution in [0, 0.1) is 6.92 Å². The predicted octanol–water partition coefficient (Wildman–Crippen LogP) is 3.12. The van der Waals surface area contributed by atoms with E-state index in [9.17, 15) is 4.79 Å². The van der Waals surface area contributed by atoms with Gasteiger partial charge < -0.3 is 10.2 Å². The molecule has 82 valence electrons. The zero-order valence-electron chi connectivity index (χ0n) is 8.66. The lowest BCUT2D eigenvalue weighted by molar-refractivity contribution is 0.0974. The van der Waals surface area contributed by atoms with E-state index in [2.05, 4.69) is 15.9 Å². The molecule has 3 nitrogen and oxygen atoms in total. The van der Waals surface area contributed by atoms with Crippen molar-refractivity contribution >= 4 is 21.8 Å². The van der Waals surface area contributed by atoms with E-state index < -0.39 is 5.91 Å². The lowest BCUT2D eigenvalue weighted by Crippen LogP contribution is -2.09. The first-order valence-corrected chi connectivity index (χ1v) is 5.53. The van der Waals surface area contributed by atoms with Crippen LogP contribution in [0.5, 0.6) is 0 Å². The first kappa shape index (κ1) is 11.0. The molecule has 2 aromatic rings. The van der Waals surface area contributed by atoms with Crippen LogP contribution in [0.15, 0.2) is 39.2 Å². The molecule has 0 fully saturated rings. The lowest BCUT2D eigenvalue weighted by atomic mass is 10.1. The number of halogens is 1. The van der Waals surface area contributed by atoms with Crippen LogP contribution in [0.25, 0.3) is 11.3 Å². The van der Waals surface area contributed by atoms with E-state index in [-0.39, 0.29) is 5.76 Å². The maximum Gasteiger partial charge on any atom is 0.284 e. The van der Waals surface area contributed by atoms with E-state index in [1.807, 2.05) is 25.1 Å². The maximum absolute atomic E-state index is 10.9. The topological polar surface area (TPSA) is 56.2 Å². The third kappa shape index (κ3) is 2.02. The van der Waals surface area contributed by atoms with E-state index >= 15 is 0 Å². The van der Waals surface area contributed by atoms with Gasteiger partial charge in [-0.15, -0.1) is 0 Å². The summed E-state index contributed by atoms with van der Waals surface area (Å²) in [5.74, 6) is 0.275. The molecule has 0 aliphatic heterocycles. The molecular weight excluding hydrogens is 270 g/mol. The molecule has 0 spiro atoms. The minimum atomic E-state index is -0.555. The standard InChI is InChI=1S/C12H10BrNO2/c1-7-6-8(13)2-3-9(7)10-4-5-11(16-10)12(14)15/h2-6H,1H3,(H2,14,15). The van der Waals surface area contributed by atoms with Crippen molar-refractivity contribution in [2.75, 3.05) is 0 Å². The summed E-state index contributed by atoms with van der Waals surface area (Å²) < 4.78 is 6.37. The number of hydrogen-bond acceptors (Lipinski definition) is 2. The normalized spacial score (nSPS) is 10.4. The number of aryl methyl sites for hydroxylation is 1. The fourth-order valence-electron chi connectivity index (χ4n) is 1.52. The fraction of sp³-hybridized carbons (Fsp3) is 0.0833. The van der Waals surface area contributed by atoms with Gasteiger partial charge in [-0.3, -0.25) is 4.79 Å². The first-order valence-electron chi connectivity index (χ1n) is 4.74. The van der Waals surface area contributed by atoms with Gasteiger partial charge in [-0.05, 0) is 42.8 Å². The summed E-state index contributed by atoms with van der Waals surface area (Å²) >= 11 is 3.39. The summed E-state index contributed by atoms with van der Waals surface area (Å²) in [4.78, 5) is 10.9. The molecule has 0 aliphatic carbocycles. The van der Waals surface area contributed by atoms with Crippen LogP contribution < -0.4 is 5.73 Å². The average Bonchev–Trinajstić information content (AvgIpc) is 2.66. The summed E-state index contributed by atoms with van der Waals surface area (Å²) in [6.45, 7) is 1.98. The zero-order valence-corrected chi connectivity index (χ0v) is 10.2. The zero-order chi connectivity index (χ0) is 11.7. The second-order valence-electron chi connectivity index (χ2n) is 3.49. The SMILES string of the molecule is Cc1cc(Br)ccc1-c1ccc(C(N)=O)o1. The first-order chi connectivity index (χ1) is 7.58. The molecule has 0 bridgehead atoms. The van der Waals surface area contributed by atoms with Crippen molar-refractivity contribution in [2.45, 2.75) is 6.92 Å². The van der Waals surface area contributed by atoms with Gasteiger partial charge in [0.25, 0.3) is 5.91 Å². The van der Waals surface area contributed by atoms with Gasteiger partial charge in [-0.1, -0.05) is 15.9 Å². The highest BCUT2D eigenvalue weighted by atomic mass is 79.9. The van der Waals surface area contributed by atoms with Crippen molar-refractivity contribution in [3.8, 4) is 11.3 Å². The molecule has 0 aliphatic rings. The molecule has 2 N–H and O–H groups in total. The Kier molecular flexibility index (Phi) is 2.83. The molecule has 1 aromatic heterocycles. The number of furan rings is 1. The summed E-state index contributed by atoms with van der Waals surface area (Å²) in [5.41, 5.74) is 7.15. The molecule has 4 heteroatoms. The van der Waals surface area contributed by atoms with Crippen LogP contribution in [-0.2, 0) is 0 Å². The minimum absolute atomic E-state index is 0.178. The molecule has 2 rings (SSSR count). The van der Waals surface area contributed by atoms with E-state index in [1.165, 1.54) is 0 Å². The largest absolute Gasteiger partial charge is 0.451 e. The Hall–Kier alpha value is -1.55. The van der Waals surface area contributed by atoms with Crippen LogP contribution >= 0.6 is 15.9 Å². The third-order valence-electron chi connectivity index (χ3n) is 2.30. The highest BCUT2D eigenvalue weighted by Gasteiger charge is 2.10. The quantitative estimate of drug-likeness (QED) is 0.918. The smallest absolute Gasteiger partial charge is 0.284 e. The van der Waals surface area contributed by atoms with Gasteiger partial charge in [0.15, 0.2) is 5.76 Å². The summed E-state index contributed by atoms with van der Waals surface area (Å²) in [7, 11) is 0. The number of primary amides is 1. The second kappa shape index (κ2) is 4.14. The molecule has 0 radical (unpaired) electrons. The van der Waals surface area contributed by atoms with Gasteiger partial charge in [-0.25, -0.2) is 0 Å². The molecule has 0 saturated carbocycles. The molecular formula is C12H10BrNO2. The van der Waals surface area contributed by atoms with Crippen molar-refractivity contribution in [3.63, 3.8) is 0 Å². The van der Waals surface area contributed by atoms with Gasteiger partial charge in [0.2, 0.25) is 0 Å². The van der Waals surface area contributed by atoms with E-state index in [1.54, 1.807) is 12.1 Å². The van der Waals surface area contributed by atoms with Crippen molar-refractivity contribution in [3.05, 3.63) is 46.1 Å². The molecule has 0 saturated heterocycles. The Balaban J connectivity index is 2.46. The number of benzene rings is 1. The van der Waals surface area contributed by atoms with Crippen molar-refractivity contribution < 1.29 is 9.21 Å². The van der Waals surface area contributed by atoms with Crippen LogP contribution in [0.1, 0.15) is 16.1 Å². The number of nitrogens with two attached hydrogens (primary N) is 1. The maximum atomic E-state index is 10.9. The molecule has 1 heterocycles. The Morgan fingerprint density at radius 1 is 1.31 bits per heavy atom. The van der Waals surface area contributed by atoms with Crippen molar-refractivity contribution in [1.82, 2.24) is 0 Å². The van der Waals surface area contributed by atoms with Crippen molar-refractivity contribution in [2.24, 2.45) is 5.73 Å². The van der Waals surface area contributed by atoms with Crippen LogP contribution in [0.2, 0.25) is 0 Å². The van der Waals surface area contributed by atoms with E-state index in [0.717, 1.165) is 15.6 Å². The van der Waals surface area contributed by atoms with Crippen LogP contribution in [-0.4, -0.2) is 5.91 Å². The average molecular weight is 280 g/mol. The lowest BCUT2D eigenvalue weighted by Gasteiger charge is -2.02. The van der Waals surface area contributed by atoms with E-state index in [0.29, 0.717) is 5.76 Å². The second-order valence-corrected chi connectivity index (χ2v) is 4.40. The third-order valence-corrected chi connectivity index (χ3v) is 2.80. The minimum Gasteiger partial charge on any atom is -0.451 e. The molecule has 16 heavy (non-hydrogen) atoms. The van der Waals surface area contributed by atoms with Gasteiger partial charge in [0.05, 0.1) is 0 Å². The predicted molar refractivity (Wildman–Crippen MR) is 65.1 cm³/mol. The Bertz CT molecular complexity index is 546. The van der Waals surface area contributed by atoms with Gasteiger partial charge >= 0.3 is 0 Å². The monoisotopic (exact) mass is 279 g/mol. The number of carbonyl (C=O) groups excluding carboxylic acids is 1. The summed E-state index contributed by atoms with van der Waals surface area (Å²) in [6, 6.07) is 9.18. The van der Waals surface area contributed by atoms with Crippen LogP contribution in [0.4, 0.5) is 0 Å². The Morgan fingerprint density at radius 3 is 2.62 bits per heavy atom.